The van der Waals surface area contributed by atoms with E-state index in [0.717, 1.165) is 46.8 Å². The first kappa shape index (κ1) is 105. The lowest BCUT2D eigenvalue weighted by Crippen LogP contribution is -2.42. The number of amides is 6. The molecule has 4 saturated heterocycles. The summed E-state index contributed by atoms with van der Waals surface area (Å²) >= 11 is 0. The van der Waals surface area contributed by atoms with Crippen LogP contribution in [0.5, 0.6) is 0 Å². The van der Waals surface area contributed by atoms with Crippen LogP contribution in [0.2, 0.25) is 0 Å². The van der Waals surface area contributed by atoms with Crippen LogP contribution in [0.15, 0.2) is 97.1 Å². The summed E-state index contributed by atoms with van der Waals surface area (Å²) in [4.78, 5) is 206. The molecule has 6 amide bonds. The Bertz CT molecular complexity index is 3990. The van der Waals surface area contributed by atoms with Gasteiger partial charge in [0.25, 0.3) is 35.4 Å². The Hall–Kier alpha value is -10.6. The van der Waals surface area contributed by atoms with E-state index < -0.39 is 75.9 Å². The summed E-state index contributed by atoms with van der Waals surface area (Å²) in [5.41, 5.74) is 6.37. The van der Waals surface area contributed by atoms with E-state index in [0.29, 0.717) is 148 Å². The summed E-state index contributed by atoms with van der Waals surface area (Å²) in [5, 5.41) is 28.4. The molecule has 6 heterocycles. The number of carbonyl (C=O) groups excluding carboxylic acids is 12. The molecule has 3 aromatic carbocycles. The maximum atomic E-state index is 12.6. The van der Waals surface area contributed by atoms with E-state index in [1.54, 1.807) is 58.3 Å². The van der Waals surface area contributed by atoms with Crippen molar-refractivity contribution < 1.29 is 116 Å². The lowest BCUT2D eigenvalue weighted by Gasteiger charge is -2.27. The second-order valence-corrected chi connectivity index (χ2v) is 33.6. The van der Waals surface area contributed by atoms with Crippen molar-refractivity contribution in [2.75, 3.05) is 170 Å². The second-order valence-electron chi connectivity index (χ2n) is 33.6. The number of imide groups is 3. The third kappa shape index (κ3) is 40.1. The number of esters is 4. The number of nitrogens with two attached hydrogens (primary N) is 1. The Labute approximate surface area is 720 Å². The molecule has 0 saturated carbocycles. The van der Waals surface area contributed by atoms with Crippen LogP contribution in [0.3, 0.4) is 0 Å². The molecule has 0 unspecified atom stereocenters. The molecule has 6 aliphatic heterocycles. The number of hydroxylamine groups is 4. The summed E-state index contributed by atoms with van der Waals surface area (Å²) in [6, 6.07) is 20.2. The molecular weight excluding hydrogens is 1600 g/mol. The fourth-order valence-corrected chi connectivity index (χ4v) is 12.8. The third-order valence-corrected chi connectivity index (χ3v) is 18.6. The first-order valence-electron chi connectivity index (χ1n) is 40.2. The quantitative estimate of drug-likeness (QED) is 0.0530. The monoisotopic (exact) mass is 1730 g/mol. The Morgan fingerprint density at radius 1 is 0.325 bits per heavy atom. The number of aliphatic carboxylic acids is 2. The zero-order chi connectivity index (χ0) is 89.5. The van der Waals surface area contributed by atoms with Gasteiger partial charge in [0.2, 0.25) is 0 Å². The van der Waals surface area contributed by atoms with Gasteiger partial charge in [-0.1, -0.05) is 56.3 Å². The van der Waals surface area contributed by atoms with Gasteiger partial charge < -0.3 is 49.7 Å². The Kier molecular flexibility index (Phi) is 42.3. The summed E-state index contributed by atoms with van der Waals surface area (Å²) in [6.07, 6.45) is 4.59. The third-order valence-electron chi connectivity index (χ3n) is 18.6. The molecule has 37 nitrogen and oxygen atoms in total. The molecule has 4 fully saturated rings. The van der Waals surface area contributed by atoms with Crippen molar-refractivity contribution in [2.45, 2.75) is 153 Å². The van der Waals surface area contributed by atoms with Gasteiger partial charge >= 0.3 is 53.7 Å². The molecule has 3 aromatic rings. The Morgan fingerprint density at radius 3 is 0.789 bits per heavy atom. The molecule has 123 heavy (non-hydrogen) atoms. The highest BCUT2D eigenvalue weighted by molar-refractivity contribution is 6.13. The second kappa shape index (κ2) is 49.6. The molecule has 0 radical (unpaired) electrons. The maximum absolute atomic E-state index is 12.6. The van der Waals surface area contributed by atoms with E-state index in [9.17, 15) is 71.9 Å². The van der Waals surface area contributed by atoms with Gasteiger partial charge in [-0.15, -0.1) is 5.06 Å². The number of carboxylic acid groups (broad SMARTS) is 3. The van der Waals surface area contributed by atoms with Crippen LogP contribution in [-0.4, -0.2) is 356 Å². The topological polar surface area (TPSA) is 437 Å². The molecule has 5 N–H and O–H groups in total. The smallest absolute Gasteiger partial charge is 0.363 e. The number of hydrogen-bond acceptors (Lipinski definition) is 31. The lowest BCUT2D eigenvalue weighted by atomic mass is 10.1. The minimum absolute atomic E-state index is 0. The Morgan fingerprint density at radius 2 is 0.553 bits per heavy atom. The van der Waals surface area contributed by atoms with E-state index in [1.807, 2.05) is 105 Å². The van der Waals surface area contributed by atoms with Crippen LogP contribution in [0.1, 0.15) is 159 Å². The minimum atomic E-state index is -0.949. The van der Waals surface area contributed by atoms with Gasteiger partial charge in [-0.25, -0.2) is 14.4 Å². The first-order chi connectivity index (χ1) is 56.7. The van der Waals surface area contributed by atoms with Gasteiger partial charge in [-0.2, -0.15) is 0 Å². The van der Waals surface area contributed by atoms with Crippen LogP contribution in [0.4, 0.5) is 0 Å². The predicted molar refractivity (Wildman–Crippen MR) is 451 cm³/mol. The van der Waals surface area contributed by atoms with Crippen molar-refractivity contribution in [3.63, 3.8) is 0 Å². The number of ether oxygens (including phenoxy) is 4. The van der Waals surface area contributed by atoms with Gasteiger partial charge in [0.05, 0.1) is 56.0 Å². The largest absolute Gasteiger partial charge is 0.480 e. The van der Waals surface area contributed by atoms with Crippen molar-refractivity contribution >= 4 is 89.2 Å². The zero-order valence-electron chi connectivity index (χ0n) is 71.5. The highest BCUT2D eigenvalue weighted by atomic mass is 16.7. The molecular formula is C86H127N13O24. The molecule has 6 aliphatic rings. The molecule has 0 bridgehead atoms. The van der Waals surface area contributed by atoms with Gasteiger partial charge in [-0.05, 0) is 136 Å². The molecule has 37 heteroatoms. The fourth-order valence-electron chi connectivity index (χ4n) is 12.8. The summed E-state index contributed by atoms with van der Waals surface area (Å²) in [5.74, 6) is -8.63. The average molecular weight is 1730 g/mol. The molecule has 0 aromatic heterocycles. The summed E-state index contributed by atoms with van der Waals surface area (Å²) < 4.78 is 22.1. The van der Waals surface area contributed by atoms with Crippen LogP contribution in [-0.2, 0) is 106 Å². The van der Waals surface area contributed by atoms with E-state index >= 15 is 0 Å². The summed E-state index contributed by atoms with van der Waals surface area (Å²) in [6.45, 7) is 35.8. The normalized spacial score (nSPS) is 17.6. The molecule has 0 spiro atoms. The van der Waals surface area contributed by atoms with Gasteiger partial charge in [0, 0.05) is 188 Å². The average Bonchev–Trinajstić information content (AvgIpc) is 1.75. The van der Waals surface area contributed by atoms with E-state index in [4.69, 9.17) is 49.7 Å². The number of nitrogens with zero attached hydrogens (tertiary/aromatic N) is 12. The Balaban J connectivity index is 0.000000364. The van der Waals surface area contributed by atoms with E-state index in [2.05, 4.69) is 24.5 Å². The van der Waals surface area contributed by atoms with E-state index in [1.165, 1.54) is 24.3 Å². The van der Waals surface area contributed by atoms with Crippen molar-refractivity contribution in [2.24, 2.45) is 5.73 Å². The molecule has 680 valence electrons. The van der Waals surface area contributed by atoms with E-state index in [-0.39, 0.29) is 119 Å². The van der Waals surface area contributed by atoms with Crippen molar-refractivity contribution in [1.82, 2.24) is 59.1 Å². The van der Waals surface area contributed by atoms with Crippen molar-refractivity contribution in [3.05, 3.63) is 130 Å². The van der Waals surface area contributed by atoms with Crippen molar-refractivity contribution in [1.29, 1.82) is 0 Å². The fraction of sp³-hybridized carbons (Fsp3) is 0.570. The van der Waals surface area contributed by atoms with Gasteiger partial charge in [0.1, 0.15) is 22.4 Å². The highest BCUT2D eigenvalue weighted by Crippen LogP contribution is 2.20. The minimum Gasteiger partial charge on any atom is -0.480 e. The van der Waals surface area contributed by atoms with Crippen LogP contribution >= 0.6 is 0 Å². The first-order valence-corrected chi connectivity index (χ1v) is 40.2. The number of carboxylic acids is 3. The number of hydrogen-bond donors (Lipinski definition) is 4. The standard InChI is InChI=1S/C30H44N4O8.C26H41N3O6.C22H26N4O8.C6H8N2O2.2CH4/c1-29(2,3)40-26(37)20-32-15-13-31(14-16-33(18-17-32)21-27(38)41-30(4,5)6)19-22-7-9-23(10-8-22)28(39)42-34-24(35)11-12-25(34)36;1-25(2,3)34-22(30)18-28-13-11-27(17-20-7-9-21(10-8-20)24(32)33)12-14-29(16-15-28)19-23(31)35-26(4,5)6;27-18-5-6-19(28)26(18)34-22(33)17-3-1-16(2-4-17)13-23-7-9-24(14-20(29)30)11-12-25(10-8-23)15-21(31)32;7-3-4-8-5(9)1-2-6(8)10;;/h7-10H,11-21H2,1-6H3;7-10H,11-19H2,1-6H3,(H,32,33);1-6H,7-15H2,(H,29,30)(H,31,32);1-2H,3-4,7H2;2*1H4. The zero-order valence-corrected chi connectivity index (χ0v) is 71.5. The lowest BCUT2D eigenvalue weighted by molar-refractivity contribution is -0.173. The van der Waals surface area contributed by atoms with Crippen LogP contribution in [0, 0.1) is 0 Å². The molecule has 0 aliphatic carbocycles. The molecule has 9 rings (SSSR count). The maximum Gasteiger partial charge on any atom is 0.363 e. The number of carbonyl (C=O) groups is 15. The predicted octanol–water partition coefficient (Wildman–Crippen LogP) is 3.91. The number of benzene rings is 3. The van der Waals surface area contributed by atoms with Gasteiger partial charge in [0.15, 0.2) is 0 Å². The highest BCUT2D eigenvalue weighted by Gasteiger charge is 2.35. The SMILES string of the molecule is C.C.CC(C)(C)OC(=O)CN1CCN(CC(=O)OC(C)(C)C)CCN(Cc2ccc(C(=O)O)cc2)CC1.CC(C)(C)OC(=O)CN1CCN(CC(=O)OC(C)(C)C)CCN(Cc2ccc(C(=O)ON3C(=O)CCC3=O)cc2)CC1.NCCN1C(=O)C=CC1=O.O=C(O)CN1CCN(CC(=O)O)CCN(Cc2ccc(C(=O)ON3C(=O)C=CC3=O)cc2)CC1. The van der Waals surface area contributed by atoms with Crippen molar-refractivity contribution in [3.8, 4) is 0 Å². The number of aromatic carboxylic acids is 1. The van der Waals surface area contributed by atoms with Gasteiger partial charge in [-0.3, -0.25) is 107 Å². The van der Waals surface area contributed by atoms with Crippen LogP contribution < -0.4 is 5.73 Å². The summed E-state index contributed by atoms with van der Waals surface area (Å²) in [7, 11) is 0. The van der Waals surface area contributed by atoms with Crippen LogP contribution in [0.25, 0.3) is 0 Å². The number of rotatable bonds is 25. The molecule has 0 atom stereocenters.